The summed E-state index contributed by atoms with van der Waals surface area (Å²) >= 11 is 0. The van der Waals surface area contributed by atoms with Gasteiger partial charge in [-0.05, 0) is 125 Å². The molecule has 2 saturated heterocycles. The average molecular weight is 941 g/mol. The molecule has 0 aromatic heterocycles. The molecule has 2 heterocycles. The van der Waals surface area contributed by atoms with E-state index >= 15 is 0 Å². The highest BCUT2D eigenvalue weighted by Crippen LogP contribution is 2.27. The van der Waals surface area contributed by atoms with Crippen LogP contribution in [0.2, 0.25) is 0 Å². The molecule has 4 N–H and O–H groups in total. The molecule has 17 heteroatoms. The second kappa shape index (κ2) is 23.8. The van der Waals surface area contributed by atoms with E-state index in [2.05, 4.69) is 21.3 Å². The highest BCUT2D eigenvalue weighted by molar-refractivity contribution is 5.98. The minimum Gasteiger partial charge on any atom is -0.488 e. The lowest BCUT2D eigenvalue weighted by atomic mass is 9.88. The minimum absolute atomic E-state index is 0.000103. The van der Waals surface area contributed by atoms with Crippen LogP contribution in [0.25, 0.3) is 0 Å². The molecule has 0 aliphatic carbocycles. The van der Waals surface area contributed by atoms with E-state index in [-0.39, 0.29) is 56.4 Å². The maximum Gasteiger partial charge on any atom is 0.306 e. The predicted molar refractivity (Wildman–Crippen MR) is 253 cm³/mol. The summed E-state index contributed by atoms with van der Waals surface area (Å²) in [6.45, 7) is 25.6. The number of nitrogens with one attached hydrogen (secondary N) is 4. The van der Waals surface area contributed by atoms with Gasteiger partial charge in [-0.2, -0.15) is 0 Å². The Labute approximate surface area is 398 Å². The molecule has 8 atom stereocenters. The number of ketones is 1. The van der Waals surface area contributed by atoms with Crippen LogP contribution in [0.1, 0.15) is 141 Å². The normalized spacial score (nSPS) is 19.5. The van der Waals surface area contributed by atoms with Crippen LogP contribution < -0.4 is 26.0 Å². The quantitative estimate of drug-likeness (QED) is 0.119. The number of likely N-dealkylation sites (tertiary alicyclic amines) is 2. The molecule has 0 saturated carbocycles. The first-order valence-corrected chi connectivity index (χ1v) is 23.8. The van der Waals surface area contributed by atoms with Crippen LogP contribution in [0.15, 0.2) is 24.3 Å². The predicted octanol–water partition coefficient (Wildman–Crippen LogP) is 4.41. The second-order valence-electron chi connectivity index (χ2n) is 21.6. The molecule has 2 aliphatic rings. The maximum absolute atomic E-state index is 14.5. The number of carbonyl (C=O) groups is 8. The Morgan fingerprint density at radius 3 is 1.85 bits per heavy atom. The van der Waals surface area contributed by atoms with Crippen molar-refractivity contribution in [1.29, 1.82) is 0 Å². The number of rotatable bonds is 22. The van der Waals surface area contributed by atoms with Crippen LogP contribution in [0, 0.1) is 17.8 Å². The van der Waals surface area contributed by atoms with Crippen molar-refractivity contribution < 1.29 is 52.6 Å². The third-order valence-corrected chi connectivity index (χ3v) is 11.5. The van der Waals surface area contributed by atoms with E-state index in [1.807, 2.05) is 86.6 Å². The zero-order valence-electron chi connectivity index (χ0n) is 42.8. The molecule has 17 nitrogen and oxygen atoms in total. The Hall–Kier alpha value is -5.06. The molecule has 6 amide bonds. The summed E-state index contributed by atoms with van der Waals surface area (Å²) in [6.07, 6.45) is -0.326. The number of amides is 6. The Morgan fingerprint density at radius 2 is 1.33 bits per heavy atom. The second-order valence-corrected chi connectivity index (χ2v) is 21.6. The zero-order valence-corrected chi connectivity index (χ0v) is 42.8. The van der Waals surface area contributed by atoms with Gasteiger partial charge < -0.3 is 45.3 Å². The SMILES string of the molecule is CNC(=O)[C@@H](C)NC(=O)[C@H](CC(=O)[C@@H](CCC(=O)OC(C)(C)C)N1CC[C@@H](NC(=O)C(NC(=O)[C@@H](Cc2ccc(OC(C)(C)C)cc2)N2CC[C@@H](C)C2=O)[C@@H](C)OC(C)(C)C)C1=O)CC(C)C. The van der Waals surface area contributed by atoms with E-state index in [1.54, 1.807) is 32.6 Å². The maximum atomic E-state index is 14.5. The molecule has 2 fully saturated rings. The molecule has 2 aliphatic heterocycles. The van der Waals surface area contributed by atoms with E-state index < -0.39 is 100 Å². The number of nitrogens with zero attached hydrogens (tertiary/aromatic N) is 2. The number of hydrogen-bond donors (Lipinski definition) is 4. The van der Waals surface area contributed by atoms with Gasteiger partial charge in [0.1, 0.15) is 41.1 Å². The van der Waals surface area contributed by atoms with Crippen molar-refractivity contribution in [3.63, 3.8) is 0 Å². The third kappa shape index (κ3) is 17.8. The van der Waals surface area contributed by atoms with Crippen molar-refractivity contribution in [2.24, 2.45) is 17.8 Å². The smallest absolute Gasteiger partial charge is 0.306 e. The van der Waals surface area contributed by atoms with Crippen LogP contribution in [-0.2, 0) is 54.3 Å². The number of Topliss-reactive ketones (excluding diaryl/α,β-unsaturated/α-hetero) is 1. The fourth-order valence-corrected chi connectivity index (χ4v) is 8.43. The lowest BCUT2D eigenvalue weighted by Crippen LogP contribution is -2.60. The summed E-state index contributed by atoms with van der Waals surface area (Å²) in [6, 6.07) is 1.91. The monoisotopic (exact) mass is 941 g/mol. The van der Waals surface area contributed by atoms with Gasteiger partial charge in [0.05, 0.1) is 17.7 Å². The van der Waals surface area contributed by atoms with Crippen molar-refractivity contribution in [1.82, 2.24) is 31.1 Å². The van der Waals surface area contributed by atoms with Crippen LogP contribution in [0.4, 0.5) is 0 Å². The number of ether oxygens (including phenoxy) is 3. The average Bonchev–Trinajstić information content (AvgIpc) is 3.72. The fourth-order valence-electron chi connectivity index (χ4n) is 8.43. The van der Waals surface area contributed by atoms with Gasteiger partial charge in [-0.3, -0.25) is 38.4 Å². The summed E-state index contributed by atoms with van der Waals surface area (Å²) in [5.74, 6) is -4.41. The van der Waals surface area contributed by atoms with Crippen molar-refractivity contribution in [2.45, 2.75) is 195 Å². The molecule has 1 aromatic rings. The summed E-state index contributed by atoms with van der Waals surface area (Å²) in [5, 5.41) is 10.9. The van der Waals surface area contributed by atoms with Gasteiger partial charge in [0.2, 0.25) is 35.4 Å². The van der Waals surface area contributed by atoms with Gasteiger partial charge in [-0.25, -0.2) is 0 Å². The number of carbonyl (C=O) groups excluding carboxylic acids is 8. The first kappa shape index (κ1) is 56.3. The van der Waals surface area contributed by atoms with Crippen molar-refractivity contribution in [3.8, 4) is 5.75 Å². The van der Waals surface area contributed by atoms with Crippen LogP contribution in [0.3, 0.4) is 0 Å². The van der Waals surface area contributed by atoms with Crippen LogP contribution >= 0.6 is 0 Å². The highest BCUT2D eigenvalue weighted by Gasteiger charge is 2.44. The minimum atomic E-state index is -1.31. The molecule has 3 rings (SSSR count). The fraction of sp³-hybridized carbons (Fsp3) is 0.720. The molecule has 0 bridgehead atoms. The van der Waals surface area contributed by atoms with Crippen molar-refractivity contribution in [2.75, 3.05) is 20.1 Å². The number of benzene rings is 1. The summed E-state index contributed by atoms with van der Waals surface area (Å²) in [5.41, 5.74) is -1.19. The molecular weight excluding hydrogens is 861 g/mol. The van der Waals surface area contributed by atoms with Crippen LogP contribution in [-0.4, -0.2) is 130 Å². The van der Waals surface area contributed by atoms with Crippen molar-refractivity contribution >= 4 is 47.2 Å². The molecule has 0 radical (unpaired) electrons. The van der Waals surface area contributed by atoms with Crippen LogP contribution in [0.5, 0.6) is 5.75 Å². The first-order valence-electron chi connectivity index (χ1n) is 23.8. The molecule has 1 unspecified atom stereocenters. The van der Waals surface area contributed by atoms with E-state index in [1.165, 1.54) is 18.9 Å². The Bertz CT molecular complexity index is 1920. The van der Waals surface area contributed by atoms with Gasteiger partial charge in [0.25, 0.3) is 0 Å². The Kier molecular flexibility index (Phi) is 20.0. The zero-order chi connectivity index (χ0) is 50.8. The van der Waals surface area contributed by atoms with E-state index in [9.17, 15) is 38.4 Å². The lowest BCUT2D eigenvalue weighted by Gasteiger charge is -2.34. The number of likely N-dealkylation sites (N-methyl/N-ethyl adjacent to an activating group) is 1. The highest BCUT2D eigenvalue weighted by atomic mass is 16.6. The van der Waals surface area contributed by atoms with Gasteiger partial charge in [0.15, 0.2) is 5.78 Å². The Balaban J connectivity index is 1.93. The van der Waals surface area contributed by atoms with Gasteiger partial charge in [0, 0.05) is 51.2 Å². The number of hydrogen-bond acceptors (Lipinski definition) is 11. The van der Waals surface area contributed by atoms with Gasteiger partial charge in [-0.1, -0.05) is 32.9 Å². The van der Waals surface area contributed by atoms with Gasteiger partial charge >= 0.3 is 5.97 Å². The Morgan fingerprint density at radius 1 is 0.731 bits per heavy atom. The van der Waals surface area contributed by atoms with E-state index in [4.69, 9.17) is 14.2 Å². The summed E-state index contributed by atoms with van der Waals surface area (Å²) in [7, 11) is 1.45. The number of esters is 1. The third-order valence-electron chi connectivity index (χ3n) is 11.5. The molecule has 0 spiro atoms. The molecule has 1 aromatic carbocycles. The van der Waals surface area contributed by atoms with Gasteiger partial charge in [-0.15, -0.1) is 0 Å². The van der Waals surface area contributed by atoms with Crippen molar-refractivity contribution in [3.05, 3.63) is 29.8 Å². The topological polar surface area (TPSA) is 219 Å². The standard InChI is InChI=1S/C50H80N6O11/c1-29(2)26-34(43(60)52-31(4)42(59)51-15)28-39(57)37(20-21-40(58)67-50(12,13)14)55-25-23-36(47(55)64)53-45(62)41(32(5)65-48(6,7)8)54-44(61)38(56-24-22-30(3)46(56)63)27-33-16-18-35(19-17-33)66-49(9,10)11/h16-19,29-32,34,36-38,41H,20-28H2,1-15H3,(H,51,59)(H,52,60)(H,53,62)(H,54,61)/t30-,31-,32-,34+,36-,37-,38-,41?/m1/s1. The first-order chi connectivity index (χ1) is 30.9. The molecule has 67 heavy (non-hydrogen) atoms. The summed E-state index contributed by atoms with van der Waals surface area (Å²) < 4.78 is 17.7. The largest absolute Gasteiger partial charge is 0.488 e. The van der Waals surface area contributed by atoms with E-state index in [0.29, 0.717) is 25.1 Å². The summed E-state index contributed by atoms with van der Waals surface area (Å²) in [4.78, 5) is 113. The van der Waals surface area contributed by atoms with E-state index in [0.717, 1.165) is 5.56 Å². The lowest BCUT2D eigenvalue weighted by molar-refractivity contribution is -0.155. The molecular formula is C50H80N6O11. The molecule has 376 valence electrons.